The Morgan fingerprint density at radius 3 is 2.82 bits per heavy atom. The average molecular weight is 383 g/mol. The standard InChI is InChI=1S/C15H19BrN4OS/c1-3-10(8-11-6-4-5-7-12(11)16)14(21)17-9-13-18-19-15(22)20(13)2/h4-7,10H,3,8-9H2,1-2H3,(H,17,21)(H,19,22)/t10-/m1/s1. The van der Waals surface area contributed by atoms with Crippen LogP contribution in [0, 0.1) is 10.7 Å². The summed E-state index contributed by atoms with van der Waals surface area (Å²) in [5.74, 6) is 0.687. The molecule has 0 aliphatic heterocycles. The molecule has 0 unspecified atom stereocenters. The molecule has 2 rings (SSSR count). The van der Waals surface area contributed by atoms with Crippen LogP contribution >= 0.6 is 28.1 Å². The number of hydrogen-bond acceptors (Lipinski definition) is 3. The lowest BCUT2D eigenvalue weighted by molar-refractivity contribution is -0.125. The molecule has 0 fully saturated rings. The minimum atomic E-state index is -0.0640. The number of carbonyl (C=O) groups is 1. The van der Waals surface area contributed by atoms with Gasteiger partial charge >= 0.3 is 0 Å². The summed E-state index contributed by atoms with van der Waals surface area (Å²) >= 11 is 8.59. The lowest BCUT2D eigenvalue weighted by Crippen LogP contribution is -2.32. The zero-order chi connectivity index (χ0) is 16.1. The van der Waals surface area contributed by atoms with Gasteiger partial charge in [-0.3, -0.25) is 9.89 Å². The Bertz CT molecular complexity index is 710. The Balaban J connectivity index is 1.99. The minimum Gasteiger partial charge on any atom is -0.349 e. The maximum atomic E-state index is 12.4. The van der Waals surface area contributed by atoms with E-state index in [-0.39, 0.29) is 11.8 Å². The molecule has 0 aliphatic rings. The summed E-state index contributed by atoms with van der Waals surface area (Å²) in [5, 5.41) is 9.74. The first-order valence-electron chi connectivity index (χ1n) is 7.14. The molecule has 0 bridgehead atoms. The van der Waals surface area contributed by atoms with Crippen molar-refractivity contribution in [3.8, 4) is 0 Å². The molecule has 1 aromatic heterocycles. The number of aromatic amines is 1. The Labute approximate surface area is 143 Å². The van der Waals surface area contributed by atoms with Crippen molar-refractivity contribution in [1.29, 1.82) is 0 Å². The SMILES string of the molecule is CC[C@H](Cc1ccccc1Br)C(=O)NCc1n[nH]c(=S)n1C. The lowest BCUT2D eigenvalue weighted by Gasteiger charge is -2.15. The van der Waals surface area contributed by atoms with Crippen molar-refractivity contribution in [2.75, 3.05) is 0 Å². The minimum absolute atomic E-state index is 0.0344. The third-order valence-electron chi connectivity index (χ3n) is 3.68. The van der Waals surface area contributed by atoms with Gasteiger partial charge in [0, 0.05) is 17.4 Å². The summed E-state index contributed by atoms with van der Waals surface area (Å²) in [4.78, 5) is 12.4. The van der Waals surface area contributed by atoms with Crippen LogP contribution in [0.25, 0.3) is 0 Å². The number of rotatable bonds is 6. The fraction of sp³-hybridized carbons (Fsp3) is 0.400. The van der Waals surface area contributed by atoms with Crippen molar-refractivity contribution in [3.63, 3.8) is 0 Å². The molecule has 1 heterocycles. The van der Waals surface area contributed by atoms with Crippen LogP contribution < -0.4 is 5.32 Å². The fourth-order valence-corrected chi connectivity index (χ4v) is 2.80. The van der Waals surface area contributed by atoms with Gasteiger partial charge in [0.15, 0.2) is 10.6 Å². The molecule has 22 heavy (non-hydrogen) atoms. The topological polar surface area (TPSA) is 62.7 Å². The molecule has 1 aromatic carbocycles. The number of nitrogens with zero attached hydrogens (tertiary/aromatic N) is 2. The molecule has 0 saturated heterocycles. The first-order chi connectivity index (χ1) is 10.5. The van der Waals surface area contributed by atoms with E-state index in [0.29, 0.717) is 23.6 Å². The highest BCUT2D eigenvalue weighted by Gasteiger charge is 2.18. The van der Waals surface area contributed by atoms with Gasteiger partial charge in [0.1, 0.15) is 0 Å². The number of H-pyrrole nitrogens is 1. The molecule has 2 N–H and O–H groups in total. The molecule has 1 amide bonds. The highest BCUT2D eigenvalue weighted by molar-refractivity contribution is 9.10. The number of aromatic nitrogens is 3. The van der Waals surface area contributed by atoms with Crippen molar-refractivity contribution in [2.45, 2.75) is 26.3 Å². The van der Waals surface area contributed by atoms with Crippen molar-refractivity contribution >= 4 is 34.1 Å². The van der Waals surface area contributed by atoms with E-state index in [1.54, 1.807) is 4.57 Å². The highest BCUT2D eigenvalue weighted by atomic mass is 79.9. The molecule has 5 nitrogen and oxygen atoms in total. The first kappa shape index (κ1) is 16.9. The smallest absolute Gasteiger partial charge is 0.223 e. The van der Waals surface area contributed by atoms with Gasteiger partial charge < -0.3 is 9.88 Å². The molecule has 1 atom stereocenters. The first-order valence-corrected chi connectivity index (χ1v) is 8.34. The van der Waals surface area contributed by atoms with Crippen LogP contribution in [-0.2, 0) is 24.8 Å². The quantitative estimate of drug-likeness (QED) is 0.754. The lowest BCUT2D eigenvalue weighted by atomic mass is 9.96. The molecule has 0 radical (unpaired) electrons. The third-order valence-corrected chi connectivity index (χ3v) is 4.82. The van der Waals surface area contributed by atoms with E-state index in [2.05, 4.69) is 31.4 Å². The van der Waals surface area contributed by atoms with Gasteiger partial charge in [-0.05, 0) is 36.7 Å². The van der Waals surface area contributed by atoms with Crippen LogP contribution in [0.3, 0.4) is 0 Å². The van der Waals surface area contributed by atoms with Gasteiger partial charge in [0.25, 0.3) is 0 Å². The summed E-state index contributed by atoms with van der Waals surface area (Å²) in [6.07, 6.45) is 1.49. The number of hydrogen-bond donors (Lipinski definition) is 2. The number of benzene rings is 1. The fourth-order valence-electron chi connectivity index (χ4n) is 2.20. The van der Waals surface area contributed by atoms with E-state index in [1.165, 1.54) is 0 Å². The largest absolute Gasteiger partial charge is 0.349 e. The normalized spacial score (nSPS) is 12.1. The molecule has 0 saturated carbocycles. The van der Waals surface area contributed by atoms with Gasteiger partial charge in [-0.1, -0.05) is 41.1 Å². The van der Waals surface area contributed by atoms with E-state index in [0.717, 1.165) is 16.5 Å². The zero-order valence-electron chi connectivity index (χ0n) is 12.6. The summed E-state index contributed by atoms with van der Waals surface area (Å²) in [6.45, 7) is 2.39. The van der Waals surface area contributed by atoms with Crippen molar-refractivity contribution in [3.05, 3.63) is 44.9 Å². The molecule has 0 aliphatic carbocycles. The predicted molar refractivity (Wildman–Crippen MR) is 91.9 cm³/mol. The zero-order valence-corrected chi connectivity index (χ0v) is 15.0. The molecular formula is C15H19BrN4OS. The monoisotopic (exact) mass is 382 g/mol. The summed E-state index contributed by atoms with van der Waals surface area (Å²) in [7, 11) is 1.83. The van der Waals surface area contributed by atoms with Crippen LogP contribution in [0.5, 0.6) is 0 Å². The van der Waals surface area contributed by atoms with Crippen LogP contribution in [0.4, 0.5) is 0 Å². The number of carbonyl (C=O) groups excluding carboxylic acids is 1. The third kappa shape index (κ3) is 4.04. The summed E-state index contributed by atoms with van der Waals surface area (Å²) in [5.41, 5.74) is 1.14. The van der Waals surface area contributed by atoms with Crippen LogP contribution in [-0.4, -0.2) is 20.7 Å². The number of nitrogens with one attached hydrogen (secondary N) is 2. The van der Waals surface area contributed by atoms with Crippen LogP contribution in [0.2, 0.25) is 0 Å². The van der Waals surface area contributed by atoms with Crippen LogP contribution in [0.1, 0.15) is 24.7 Å². The molecule has 0 spiro atoms. The van der Waals surface area contributed by atoms with Crippen molar-refractivity contribution in [1.82, 2.24) is 20.1 Å². The van der Waals surface area contributed by atoms with E-state index in [4.69, 9.17) is 12.2 Å². The van der Waals surface area contributed by atoms with Gasteiger partial charge in [0.2, 0.25) is 5.91 Å². The maximum absolute atomic E-state index is 12.4. The summed E-state index contributed by atoms with van der Waals surface area (Å²) < 4.78 is 3.34. The van der Waals surface area contributed by atoms with Gasteiger partial charge in [-0.2, -0.15) is 5.10 Å². The van der Waals surface area contributed by atoms with E-state index in [1.807, 2.05) is 38.2 Å². The second kappa shape index (κ2) is 7.69. The van der Waals surface area contributed by atoms with Gasteiger partial charge in [-0.25, -0.2) is 0 Å². The Morgan fingerprint density at radius 2 is 2.23 bits per heavy atom. The van der Waals surface area contributed by atoms with Crippen LogP contribution in [0.15, 0.2) is 28.7 Å². The average Bonchev–Trinajstić information content (AvgIpc) is 2.83. The van der Waals surface area contributed by atoms with Crippen molar-refractivity contribution < 1.29 is 4.79 Å². The second-order valence-corrected chi connectivity index (χ2v) is 6.36. The molecule has 118 valence electrons. The number of amides is 1. The number of halogens is 1. The molecule has 7 heteroatoms. The second-order valence-electron chi connectivity index (χ2n) is 5.12. The molecular weight excluding hydrogens is 364 g/mol. The van der Waals surface area contributed by atoms with Gasteiger partial charge in [-0.15, -0.1) is 0 Å². The Morgan fingerprint density at radius 1 is 1.50 bits per heavy atom. The van der Waals surface area contributed by atoms with Gasteiger partial charge in [0.05, 0.1) is 6.54 Å². The maximum Gasteiger partial charge on any atom is 0.223 e. The highest BCUT2D eigenvalue weighted by Crippen LogP contribution is 2.21. The Kier molecular flexibility index (Phi) is 5.90. The van der Waals surface area contributed by atoms with Crippen molar-refractivity contribution in [2.24, 2.45) is 13.0 Å². The van der Waals surface area contributed by atoms with E-state index >= 15 is 0 Å². The summed E-state index contributed by atoms with van der Waals surface area (Å²) in [6, 6.07) is 7.99. The Hall–Kier alpha value is -1.47. The molecule has 2 aromatic rings. The predicted octanol–water partition coefficient (Wildman–Crippen LogP) is 3.13. The van der Waals surface area contributed by atoms with E-state index in [9.17, 15) is 4.79 Å². The van der Waals surface area contributed by atoms with E-state index < -0.39 is 0 Å².